The van der Waals surface area contributed by atoms with E-state index in [0.717, 1.165) is 12.5 Å². The van der Waals surface area contributed by atoms with E-state index >= 15 is 0 Å². The van der Waals surface area contributed by atoms with Crippen molar-refractivity contribution in [3.8, 4) is 5.75 Å². The molecule has 0 bridgehead atoms. The van der Waals surface area contributed by atoms with Crippen LogP contribution in [0.15, 0.2) is 48.6 Å². The number of rotatable bonds is 5. The van der Waals surface area contributed by atoms with Crippen molar-refractivity contribution in [2.24, 2.45) is 0 Å². The molecule has 1 rings (SSSR count). The SMILES string of the molecule is C/C=C/C=C/C(=O)O.CCCOC(=O)c1ccc(O)cc1. The first-order valence-corrected chi connectivity index (χ1v) is 6.49. The summed E-state index contributed by atoms with van der Waals surface area (Å²) in [5.74, 6) is -1.11. The number of hydrogen-bond acceptors (Lipinski definition) is 4. The zero-order valence-electron chi connectivity index (χ0n) is 12.2. The molecule has 0 heterocycles. The maximum atomic E-state index is 11.2. The number of allylic oxidation sites excluding steroid dienone is 3. The number of phenolic OH excluding ortho intramolecular Hbond substituents is 1. The van der Waals surface area contributed by atoms with Crippen LogP contribution in [-0.2, 0) is 9.53 Å². The average molecular weight is 292 g/mol. The van der Waals surface area contributed by atoms with Gasteiger partial charge in [0.25, 0.3) is 0 Å². The number of carboxylic acid groups (broad SMARTS) is 1. The maximum absolute atomic E-state index is 11.2. The first-order chi connectivity index (χ1) is 10.0. The molecular formula is C16H20O5. The van der Waals surface area contributed by atoms with E-state index in [4.69, 9.17) is 14.9 Å². The molecule has 1 aromatic carbocycles. The van der Waals surface area contributed by atoms with E-state index < -0.39 is 5.97 Å². The van der Waals surface area contributed by atoms with Gasteiger partial charge in [0.15, 0.2) is 0 Å². The Morgan fingerprint density at radius 2 is 1.81 bits per heavy atom. The Morgan fingerprint density at radius 3 is 2.29 bits per heavy atom. The van der Waals surface area contributed by atoms with Crippen LogP contribution < -0.4 is 0 Å². The first kappa shape index (κ1) is 18.4. The molecule has 0 atom stereocenters. The minimum Gasteiger partial charge on any atom is -0.508 e. The number of phenols is 1. The number of carboxylic acids is 1. The number of ether oxygens (including phenoxy) is 1. The van der Waals surface area contributed by atoms with E-state index in [1.165, 1.54) is 30.3 Å². The summed E-state index contributed by atoms with van der Waals surface area (Å²) >= 11 is 0. The molecule has 1 aromatic rings. The van der Waals surface area contributed by atoms with Gasteiger partial charge in [0.1, 0.15) is 5.75 Å². The molecule has 0 amide bonds. The Hall–Kier alpha value is -2.56. The van der Waals surface area contributed by atoms with Crippen molar-refractivity contribution in [2.45, 2.75) is 20.3 Å². The van der Waals surface area contributed by atoms with Gasteiger partial charge in [0.05, 0.1) is 12.2 Å². The second-order valence-electron chi connectivity index (χ2n) is 3.91. The number of carbonyl (C=O) groups is 2. The van der Waals surface area contributed by atoms with E-state index in [-0.39, 0.29) is 11.7 Å². The van der Waals surface area contributed by atoms with Crippen molar-refractivity contribution < 1.29 is 24.5 Å². The maximum Gasteiger partial charge on any atom is 0.338 e. The fourth-order valence-corrected chi connectivity index (χ4v) is 1.12. The van der Waals surface area contributed by atoms with E-state index in [1.54, 1.807) is 12.2 Å². The molecule has 0 spiro atoms. The normalized spacial score (nSPS) is 10.2. The van der Waals surface area contributed by atoms with Crippen molar-refractivity contribution in [1.29, 1.82) is 0 Å². The van der Waals surface area contributed by atoms with Crippen molar-refractivity contribution in [1.82, 2.24) is 0 Å². The Kier molecular flexibility index (Phi) is 9.91. The molecule has 21 heavy (non-hydrogen) atoms. The highest BCUT2D eigenvalue weighted by Gasteiger charge is 2.05. The van der Waals surface area contributed by atoms with Gasteiger partial charge in [-0.25, -0.2) is 9.59 Å². The van der Waals surface area contributed by atoms with Crippen LogP contribution >= 0.6 is 0 Å². The molecule has 0 fully saturated rings. The molecule has 0 aliphatic heterocycles. The number of aliphatic carboxylic acids is 1. The lowest BCUT2D eigenvalue weighted by Gasteiger charge is -2.02. The molecular weight excluding hydrogens is 272 g/mol. The summed E-state index contributed by atoms with van der Waals surface area (Å²) in [5, 5.41) is 17.0. The van der Waals surface area contributed by atoms with Gasteiger partial charge in [0.2, 0.25) is 0 Å². The third-order valence-corrected chi connectivity index (χ3v) is 2.08. The predicted octanol–water partition coefficient (Wildman–Crippen LogP) is 3.16. The number of carbonyl (C=O) groups excluding carboxylic acids is 1. The van der Waals surface area contributed by atoms with Gasteiger partial charge in [-0.1, -0.05) is 25.2 Å². The van der Waals surface area contributed by atoms with Crippen molar-refractivity contribution in [3.63, 3.8) is 0 Å². The topological polar surface area (TPSA) is 83.8 Å². The Morgan fingerprint density at radius 1 is 1.19 bits per heavy atom. The van der Waals surface area contributed by atoms with Crippen molar-refractivity contribution >= 4 is 11.9 Å². The number of benzene rings is 1. The van der Waals surface area contributed by atoms with Crippen LogP contribution in [0.25, 0.3) is 0 Å². The second kappa shape index (κ2) is 11.3. The highest BCUT2D eigenvalue weighted by Crippen LogP contribution is 2.10. The van der Waals surface area contributed by atoms with Gasteiger partial charge in [-0.3, -0.25) is 0 Å². The lowest BCUT2D eigenvalue weighted by molar-refractivity contribution is -0.131. The fraction of sp³-hybridized carbons (Fsp3) is 0.250. The third-order valence-electron chi connectivity index (χ3n) is 2.08. The van der Waals surface area contributed by atoms with Crippen molar-refractivity contribution in [3.05, 3.63) is 54.1 Å². The summed E-state index contributed by atoms with van der Waals surface area (Å²) in [6, 6.07) is 5.99. The summed E-state index contributed by atoms with van der Waals surface area (Å²) in [6.07, 6.45) is 6.79. The van der Waals surface area contributed by atoms with Crippen LogP contribution in [0.2, 0.25) is 0 Å². The quantitative estimate of drug-likeness (QED) is 0.495. The molecule has 0 aromatic heterocycles. The molecule has 0 saturated heterocycles. The zero-order chi connectivity index (χ0) is 16.1. The van der Waals surface area contributed by atoms with Crippen molar-refractivity contribution in [2.75, 3.05) is 6.61 Å². The second-order valence-corrected chi connectivity index (χ2v) is 3.91. The fourth-order valence-electron chi connectivity index (χ4n) is 1.12. The molecule has 0 aliphatic carbocycles. The van der Waals surface area contributed by atoms with Gasteiger partial charge >= 0.3 is 11.9 Å². The monoisotopic (exact) mass is 292 g/mol. The lowest BCUT2D eigenvalue weighted by Crippen LogP contribution is -2.05. The first-order valence-electron chi connectivity index (χ1n) is 6.49. The lowest BCUT2D eigenvalue weighted by atomic mass is 10.2. The van der Waals surface area contributed by atoms with Crippen LogP contribution in [0, 0.1) is 0 Å². The van der Waals surface area contributed by atoms with Gasteiger partial charge in [-0.05, 0) is 37.6 Å². The predicted molar refractivity (Wildman–Crippen MR) is 80.3 cm³/mol. The average Bonchev–Trinajstić information content (AvgIpc) is 2.46. The number of aromatic hydroxyl groups is 1. The summed E-state index contributed by atoms with van der Waals surface area (Å²) in [5.41, 5.74) is 0.464. The molecule has 5 nitrogen and oxygen atoms in total. The van der Waals surface area contributed by atoms with Gasteiger partial charge in [-0.2, -0.15) is 0 Å². The van der Waals surface area contributed by atoms with Gasteiger partial charge in [-0.15, -0.1) is 0 Å². The smallest absolute Gasteiger partial charge is 0.338 e. The molecule has 0 unspecified atom stereocenters. The summed E-state index contributed by atoms with van der Waals surface area (Å²) in [6.45, 7) is 4.19. The molecule has 0 saturated carbocycles. The number of esters is 1. The van der Waals surface area contributed by atoms with Crippen LogP contribution in [0.4, 0.5) is 0 Å². The highest BCUT2D eigenvalue weighted by molar-refractivity contribution is 5.89. The van der Waals surface area contributed by atoms with E-state index in [1.807, 2.05) is 13.8 Å². The standard InChI is InChI=1S/C10H12O3.C6H8O2/c1-2-7-13-10(12)8-3-5-9(11)6-4-8;1-2-3-4-5-6(7)8/h3-6,11H,2,7H2,1H3;2-5H,1H3,(H,7,8)/b;3-2+,5-4+. The van der Waals surface area contributed by atoms with Gasteiger partial charge < -0.3 is 14.9 Å². The third kappa shape index (κ3) is 9.95. The number of hydrogen-bond donors (Lipinski definition) is 2. The summed E-state index contributed by atoms with van der Waals surface area (Å²) in [7, 11) is 0. The molecule has 0 aliphatic rings. The Labute approximate surface area is 124 Å². The van der Waals surface area contributed by atoms with E-state index in [2.05, 4.69) is 0 Å². The van der Waals surface area contributed by atoms with Gasteiger partial charge in [0, 0.05) is 6.08 Å². The largest absolute Gasteiger partial charge is 0.508 e. The van der Waals surface area contributed by atoms with Crippen LogP contribution in [0.5, 0.6) is 5.75 Å². The molecule has 0 radical (unpaired) electrons. The molecule has 5 heteroatoms. The van der Waals surface area contributed by atoms with E-state index in [0.29, 0.717) is 12.2 Å². The summed E-state index contributed by atoms with van der Waals surface area (Å²) < 4.78 is 4.90. The minimum atomic E-state index is -0.914. The van der Waals surface area contributed by atoms with Crippen LogP contribution in [0.1, 0.15) is 30.6 Å². The summed E-state index contributed by atoms with van der Waals surface area (Å²) in [4.78, 5) is 21.0. The Balaban J connectivity index is 0.000000433. The zero-order valence-corrected chi connectivity index (χ0v) is 12.2. The van der Waals surface area contributed by atoms with Crippen LogP contribution in [0.3, 0.4) is 0 Å². The minimum absolute atomic E-state index is 0.145. The Bertz CT molecular complexity index is 486. The molecule has 2 N–H and O–H groups in total. The van der Waals surface area contributed by atoms with Crippen LogP contribution in [-0.4, -0.2) is 28.8 Å². The molecule has 114 valence electrons. The highest BCUT2D eigenvalue weighted by atomic mass is 16.5. The van der Waals surface area contributed by atoms with E-state index in [9.17, 15) is 9.59 Å².